The zero-order valence-corrected chi connectivity index (χ0v) is 11.0. The number of nitrogens with zero attached hydrogens (tertiary/aromatic N) is 2. The van der Waals surface area contributed by atoms with Gasteiger partial charge in [-0.15, -0.1) is 0 Å². The smallest absolute Gasteiger partial charge is 0.125 e. The number of hydrogen-bond donors (Lipinski definition) is 1. The first kappa shape index (κ1) is 11.4. The van der Waals surface area contributed by atoms with E-state index in [1.165, 1.54) is 11.8 Å². The first-order valence-corrected chi connectivity index (χ1v) is 6.28. The summed E-state index contributed by atoms with van der Waals surface area (Å²) in [5.41, 5.74) is 7.61. The van der Waals surface area contributed by atoms with Crippen molar-refractivity contribution in [3.63, 3.8) is 0 Å². The molecule has 2 aromatic rings. The highest BCUT2D eigenvalue weighted by Crippen LogP contribution is 2.33. The van der Waals surface area contributed by atoms with Crippen LogP contribution in [-0.4, -0.2) is 9.97 Å². The predicted octanol–water partition coefficient (Wildman–Crippen LogP) is 3.28. The first-order valence-electron chi connectivity index (χ1n) is 4.67. The topological polar surface area (TPSA) is 51.8 Å². The Hall–Kier alpha value is -1.07. The second kappa shape index (κ2) is 4.84. The zero-order chi connectivity index (χ0) is 11.5. The molecular formula is C11H10BrN3S. The lowest BCUT2D eigenvalue weighted by molar-refractivity contribution is 1.07. The van der Waals surface area contributed by atoms with E-state index in [1.54, 1.807) is 6.20 Å². The lowest BCUT2D eigenvalue weighted by Crippen LogP contribution is -1.92. The van der Waals surface area contributed by atoms with Crippen molar-refractivity contribution in [2.75, 3.05) is 5.73 Å². The van der Waals surface area contributed by atoms with Gasteiger partial charge < -0.3 is 5.73 Å². The Morgan fingerprint density at radius 1 is 1.31 bits per heavy atom. The van der Waals surface area contributed by atoms with Crippen LogP contribution in [0, 0.1) is 6.92 Å². The Morgan fingerprint density at radius 3 is 2.81 bits per heavy atom. The number of nitrogen functional groups attached to an aromatic ring is 1. The van der Waals surface area contributed by atoms with Gasteiger partial charge in [0, 0.05) is 12.4 Å². The Balaban J connectivity index is 2.31. The fourth-order valence-corrected chi connectivity index (χ4v) is 2.63. The van der Waals surface area contributed by atoms with Crippen molar-refractivity contribution in [2.45, 2.75) is 17.0 Å². The molecule has 0 aliphatic heterocycles. The summed E-state index contributed by atoms with van der Waals surface area (Å²) >= 11 is 4.93. The molecule has 0 radical (unpaired) electrons. The molecule has 2 aromatic heterocycles. The summed E-state index contributed by atoms with van der Waals surface area (Å²) in [5.74, 6) is 0. The molecule has 2 N–H and O–H groups in total. The van der Waals surface area contributed by atoms with Gasteiger partial charge in [0.15, 0.2) is 0 Å². The van der Waals surface area contributed by atoms with Crippen LogP contribution in [0.15, 0.2) is 45.1 Å². The summed E-state index contributed by atoms with van der Waals surface area (Å²) in [4.78, 5) is 8.55. The van der Waals surface area contributed by atoms with Gasteiger partial charge in [-0.25, -0.2) is 9.97 Å². The van der Waals surface area contributed by atoms with E-state index in [-0.39, 0.29) is 0 Å². The van der Waals surface area contributed by atoms with Crippen molar-refractivity contribution in [1.82, 2.24) is 9.97 Å². The van der Waals surface area contributed by atoms with Gasteiger partial charge in [0.1, 0.15) is 10.1 Å². The van der Waals surface area contributed by atoms with Crippen molar-refractivity contribution in [1.29, 1.82) is 0 Å². The van der Waals surface area contributed by atoms with Crippen LogP contribution in [0.4, 0.5) is 5.69 Å². The van der Waals surface area contributed by atoms with Crippen molar-refractivity contribution in [2.24, 2.45) is 0 Å². The van der Waals surface area contributed by atoms with E-state index >= 15 is 0 Å². The average Bonchev–Trinajstić information content (AvgIpc) is 2.25. The zero-order valence-electron chi connectivity index (χ0n) is 8.64. The lowest BCUT2D eigenvalue weighted by atomic mass is 10.3. The predicted molar refractivity (Wildman–Crippen MR) is 69.4 cm³/mol. The van der Waals surface area contributed by atoms with Crippen LogP contribution in [0.5, 0.6) is 0 Å². The molecule has 2 rings (SSSR count). The summed E-state index contributed by atoms with van der Waals surface area (Å²) < 4.78 is 0.961. The van der Waals surface area contributed by atoms with Gasteiger partial charge >= 0.3 is 0 Å². The maximum Gasteiger partial charge on any atom is 0.125 e. The number of rotatable bonds is 2. The third-order valence-electron chi connectivity index (χ3n) is 1.94. The minimum absolute atomic E-state index is 0.668. The molecule has 0 fully saturated rings. The van der Waals surface area contributed by atoms with Crippen LogP contribution in [0.1, 0.15) is 5.56 Å². The SMILES string of the molecule is Cc1cnc(Sc2ncccc2N)c(Br)c1. The maximum atomic E-state index is 5.82. The minimum atomic E-state index is 0.668. The highest BCUT2D eigenvalue weighted by Gasteiger charge is 2.07. The molecule has 0 amide bonds. The molecular weight excluding hydrogens is 286 g/mol. The quantitative estimate of drug-likeness (QED) is 0.924. The van der Waals surface area contributed by atoms with E-state index in [2.05, 4.69) is 25.9 Å². The summed E-state index contributed by atoms with van der Waals surface area (Å²) in [6.45, 7) is 2.00. The third-order valence-corrected chi connectivity index (χ3v) is 3.86. The van der Waals surface area contributed by atoms with Crippen LogP contribution in [0.2, 0.25) is 0 Å². The summed E-state index contributed by atoms with van der Waals surface area (Å²) in [5, 5.41) is 1.65. The number of pyridine rings is 2. The highest BCUT2D eigenvalue weighted by molar-refractivity contribution is 9.10. The molecule has 0 aromatic carbocycles. The largest absolute Gasteiger partial charge is 0.397 e. The van der Waals surface area contributed by atoms with Crippen LogP contribution in [-0.2, 0) is 0 Å². The highest BCUT2D eigenvalue weighted by atomic mass is 79.9. The number of aryl methyl sites for hydroxylation is 1. The molecule has 0 spiro atoms. The van der Waals surface area contributed by atoms with Gasteiger partial charge in [-0.1, -0.05) is 0 Å². The summed E-state index contributed by atoms with van der Waals surface area (Å²) in [7, 11) is 0. The van der Waals surface area contributed by atoms with E-state index in [1.807, 2.05) is 31.3 Å². The Morgan fingerprint density at radius 2 is 2.12 bits per heavy atom. The third kappa shape index (κ3) is 2.54. The molecule has 3 nitrogen and oxygen atoms in total. The lowest BCUT2D eigenvalue weighted by Gasteiger charge is -2.05. The average molecular weight is 296 g/mol. The fraction of sp³-hybridized carbons (Fsp3) is 0.0909. The van der Waals surface area contributed by atoms with E-state index in [9.17, 15) is 0 Å². The molecule has 16 heavy (non-hydrogen) atoms. The van der Waals surface area contributed by atoms with Crippen LogP contribution in [0.3, 0.4) is 0 Å². The molecule has 0 unspecified atom stereocenters. The Bertz CT molecular complexity index is 516. The van der Waals surface area contributed by atoms with Gasteiger partial charge in [0.25, 0.3) is 0 Å². The molecule has 0 aliphatic rings. The number of nitrogens with two attached hydrogens (primary N) is 1. The van der Waals surface area contributed by atoms with Crippen LogP contribution in [0.25, 0.3) is 0 Å². The molecule has 0 saturated carbocycles. The number of aromatic nitrogens is 2. The van der Waals surface area contributed by atoms with E-state index < -0.39 is 0 Å². The number of halogens is 1. The number of hydrogen-bond acceptors (Lipinski definition) is 4. The standard InChI is InChI=1S/C11H10BrN3S/c1-7-5-8(12)10(15-6-7)16-11-9(13)3-2-4-14-11/h2-6H,13H2,1H3. The second-order valence-electron chi connectivity index (χ2n) is 3.30. The van der Waals surface area contributed by atoms with Gasteiger partial charge in [-0.05, 0) is 58.4 Å². The van der Waals surface area contributed by atoms with E-state index in [0.29, 0.717) is 5.69 Å². The second-order valence-corrected chi connectivity index (χ2v) is 5.13. The number of anilines is 1. The van der Waals surface area contributed by atoms with Crippen molar-refractivity contribution in [3.05, 3.63) is 40.6 Å². The van der Waals surface area contributed by atoms with Crippen LogP contribution >= 0.6 is 27.7 Å². The first-order chi connectivity index (χ1) is 7.66. The molecule has 82 valence electrons. The minimum Gasteiger partial charge on any atom is -0.397 e. The maximum absolute atomic E-state index is 5.82. The van der Waals surface area contributed by atoms with Crippen molar-refractivity contribution < 1.29 is 0 Å². The van der Waals surface area contributed by atoms with Gasteiger partial charge in [0.05, 0.1) is 10.2 Å². The monoisotopic (exact) mass is 295 g/mol. The molecule has 5 heteroatoms. The Kier molecular flexibility index (Phi) is 3.46. The molecule has 0 atom stereocenters. The summed E-state index contributed by atoms with van der Waals surface area (Å²) in [6, 6.07) is 5.67. The Labute approximate surface area is 107 Å². The van der Waals surface area contributed by atoms with Crippen molar-refractivity contribution in [3.8, 4) is 0 Å². The van der Waals surface area contributed by atoms with E-state index in [4.69, 9.17) is 5.73 Å². The molecule has 0 bridgehead atoms. The van der Waals surface area contributed by atoms with Crippen LogP contribution < -0.4 is 5.73 Å². The molecule has 0 saturated heterocycles. The fourth-order valence-electron chi connectivity index (χ4n) is 1.18. The van der Waals surface area contributed by atoms with Gasteiger partial charge in [0.2, 0.25) is 0 Å². The van der Waals surface area contributed by atoms with Crippen molar-refractivity contribution >= 4 is 33.4 Å². The molecule has 2 heterocycles. The van der Waals surface area contributed by atoms with E-state index in [0.717, 1.165) is 20.1 Å². The van der Waals surface area contributed by atoms with Gasteiger partial charge in [-0.3, -0.25) is 0 Å². The molecule has 0 aliphatic carbocycles. The van der Waals surface area contributed by atoms with Gasteiger partial charge in [-0.2, -0.15) is 0 Å². The summed E-state index contributed by atoms with van der Waals surface area (Å²) in [6.07, 6.45) is 3.55. The normalized spacial score (nSPS) is 10.4.